The Hall–Kier alpha value is -1.77. The van der Waals surface area contributed by atoms with Gasteiger partial charge in [-0.2, -0.15) is 0 Å². The molecule has 3 nitrogen and oxygen atoms in total. The minimum atomic E-state index is -0.342. The number of carbonyl (C=O) groups is 1. The van der Waals surface area contributed by atoms with Crippen LogP contribution in [0.3, 0.4) is 0 Å². The molecule has 0 saturated heterocycles. The standard InChI is InChI=1S/C14H17NO2/c16-14(17-13-9-5-2-6-10-13)15-11-12-7-3-1-4-8-12/h1,3-5,7-9,13H,2,6,10-11H2,(H,15,16). The molecule has 1 aromatic carbocycles. The maximum atomic E-state index is 11.5. The molecule has 0 aromatic heterocycles. The van der Waals surface area contributed by atoms with Gasteiger partial charge >= 0.3 is 6.09 Å². The molecule has 1 N–H and O–H groups in total. The van der Waals surface area contributed by atoms with Crippen molar-refractivity contribution in [2.45, 2.75) is 31.9 Å². The Balaban J connectivity index is 1.74. The van der Waals surface area contributed by atoms with Gasteiger partial charge in [-0.1, -0.05) is 36.4 Å². The minimum absolute atomic E-state index is 0.0560. The van der Waals surface area contributed by atoms with Crippen molar-refractivity contribution in [2.24, 2.45) is 0 Å². The molecule has 1 aromatic rings. The average Bonchev–Trinajstić information content (AvgIpc) is 2.39. The van der Waals surface area contributed by atoms with Gasteiger partial charge < -0.3 is 10.1 Å². The van der Waals surface area contributed by atoms with Gasteiger partial charge in [-0.15, -0.1) is 0 Å². The number of rotatable bonds is 3. The van der Waals surface area contributed by atoms with Crippen LogP contribution < -0.4 is 5.32 Å². The Labute approximate surface area is 101 Å². The van der Waals surface area contributed by atoms with Crippen LogP contribution in [-0.2, 0) is 11.3 Å². The van der Waals surface area contributed by atoms with Crippen molar-refractivity contribution < 1.29 is 9.53 Å². The van der Waals surface area contributed by atoms with Gasteiger partial charge in [0.25, 0.3) is 0 Å². The predicted octanol–water partition coefficient (Wildman–Crippen LogP) is 3.02. The number of hydrogen-bond acceptors (Lipinski definition) is 2. The minimum Gasteiger partial charge on any atom is -0.442 e. The number of benzene rings is 1. The monoisotopic (exact) mass is 231 g/mol. The Morgan fingerprint density at radius 3 is 2.88 bits per heavy atom. The number of nitrogens with one attached hydrogen (secondary N) is 1. The van der Waals surface area contributed by atoms with Crippen molar-refractivity contribution in [1.82, 2.24) is 5.32 Å². The molecule has 1 unspecified atom stereocenters. The summed E-state index contributed by atoms with van der Waals surface area (Å²) in [6.45, 7) is 0.510. The van der Waals surface area contributed by atoms with Gasteiger partial charge in [0, 0.05) is 6.54 Å². The fraction of sp³-hybridized carbons (Fsp3) is 0.357. The van der Waals surface area contributed by atoms with Crippen LogP contribution in [0.1, 0.15) is 24.8 Å². The zero-order valence-corrected chi connectivity index (χ0v) is 9.76. The van der Waals surface area contributed by atoms with E-state index in [9.17, 15) is 4.79 Å². The first-order valence-electron chi connectivity index (χ1n) is 5.99. The fourth-order valence-corrected chi connectivity index (χ4v) is 1.83. The Bertz CT molecular complexity index is 386. The van der Waals surface area contributed by atoms with Gasteiger partial charge in [-0.25, -0.2) is 4.79 Å². The van der Waals surface area contributed by atoms with Gasteiger partial charge in [0.15, 0.2) is 0 Å². The molecule has 17 heavy (non-hydrogen) atoms. The topological polar surface area (TPSA) is 38.3 Å². The summed E-state index contributed by atoms with van der Waals surface area (Å²) in [7, 11) is 0. The van der Waals surface area contributed by atoms with Crippen LogP contribution in [0, 0.1) is 0 Å². The van der Waals surface area contributed by atoms with Crippen LogP contribution in [0.25, 0.3) is 0 Å². The lowest BCUT2D eigenvalue weighted by Crippen LogP contribution is -2.28. The van der Waals surface area contributed by atoms with E-state index in [1.54, 1.807) is 0 Å². The average molecular weight is 231 g/mol. The first kappa shape index (κ1) is 11.7. The van der Waals surface area contributed by atoms with Crippen molar-refractivity contribution in [1.29, 1.82) is 0 Å². The maximum Gasteiger partial charge on any atom is 0.407 e. The summed E-state index contributed by atoms with van der Waals surface area (Å²) in [5.74, 6) is 0. The lowest BCUT2D eigenvalue weighted by atomic mass is 10.1. The first-order valence-corrected chi connectivity index (χ1v) is 5.99. The summed E-state index contributed by atoms with van der Waals surface area (Å²) in [5.41, 5.74) is 1.07. The largest absolute Gasteiger partial charge is 0.442 e. The highest BCUT2D eigenvalue weighted by molar-refractivity contribution is 5.67. The van der Waals surface area contributed by atoms with Crippen LogP contribution in [-0.4, -0.2) is 12.2 Å². The van der Waals surface area contributed by atoms with Crippen molar-refractivity contribution in [2.75, 3.05) is 0 Å². The zero-order valence-electron chi connectivity index (χ0n) is 9.76. The normalized spacial score (nSPS) is 18.7. The van der Waals surface area contributed by atoms with Gasteiger partial charge in [0.05, 0.1) is 0 Å². The smallest absolute Gasteiger partial charge is 0.407 e. The third-order valence-corrected chi connectivity index (χ3v) is 2.75. The van der Waals surface area contributed by atoms with E-state index in [2.05, 4.69) is 11.4 Å². The van der Waals surface area contributed by atoms with E-state index in [1.165, 1.54) is 0 Å². The molecule has 0 aliphatic heterocycles. The molecule has 1 atom stereocenters. The molecule has 0 heterocycles. The van der Waals surface area contributed by atoms with E-state index in [0.29, 0.717) is 6.54 Å². The lowest BCUT2D eigenvalue weighted by Gasteiger charge is -2.17. The Morgan fingerprint density at radius 2 is 2.18 bits per heavy atom. The number of amides is 1. The second kappa shape index (κ2) is 6.09. The number of hydrogen-bond donors (Lipinski definition) is 1. The summed E-state index contributed by atoms with van der Waals surface area (Å²) >= 11 is 0. The van der Waals surface area contributed by atoms with Crippen molar-refractivity contribution >= 4 is 6.09 Å². The number of ether oxygens (including phenoxy) is 1. The maximum absolute atomic E-state index is 11.5. The third kappa shape index (κ3) is 3.94. The van der Waals surface area contributed by atoms with Crippen molar-refractivity contribution in [3.8, 4) is 0 Å². The van der Waals surface area contributed by atoms with Gasteiger partial charge in [0.1, 0.15) is 6.10 Å². The van der Waals surface area contributed by atoms with Gasteiger partial charge in [-0.05, 0) is 30.9 Å². The molecular weight excluding hydrogens is 214 g/mol. The third-order valence-electron chi connectivity index (χ3n) is 2.75. The summed E-state index contributed by atoms with van der Waals surface area (Å²) in [5, 5.41) is 2.75. The molecule has 0 radical (unpaired) electrons. The Morgan fingerprint density at radius 1 is 1.35 bits per heavy atom. The van der Waals surface area contributed by atoms with E-state index in [1.807, 2.05) is 36.4 Å². The van der Waals surface area contributed by atoms with Gasteiger partial charge in [0.2, 0.25) is 0 Å². The van der Waals surface area contributed by atoms with E-state index in [0.717, 1.165) is 24.8 Å². The van der Waals surface area contributed by atoms with E-state index in [4.69, 9.17) is 4.74 Å². The van der Waals surface area contributed by atoms with Crippen LogP contribution in [0.15, 0.2) is 42.5 Å². The molecule has 1 aliphatic carbocycles. The number of allylic oxidation sites excluding steroid dienone is 1. The molecule has 0 saturated carbocycles. The highest BCUT2D eigenvalue weighted by atomic mass is 16.6. The molecule has 2 rings (SSSR count). The quantitative estimate of drug-likeness (QED) is 0.812. The summed E-state index contributed by atoms with van der Waals surface area (Å²) in [6, 6.07) is 9.80. The highest BCUT2D eigenvalue weighted by Gasteiger charge is 2.12. The van der Waals surface area contributed by atoms with Crippen molar-refractivity contribution in [3.05, 3.63) is 48.0 Å². The van der Waals surface area contributed by atoms with E-state index < -0.39 is 0 Å². The summed E-state index contributed by atoms with van der Waals surface area (Å²) in [6.07, 6.45) is 6.74. The van der Waals surface area contributed by atoms with E-state index in [-0.39, 0.29) is 12.2 Å². The first-order chi connectivity index (χ1) is 8.34. The zero-order chi connectivity index (χ0) is 11.9. The molecule has 3 heteroatoms. The summed E-state index contributed by atoms with van der Waals surface area (Å²) < 4.78 is 5.28. The number of alkyl carbamates (subject to hydrolysis) is 1. The van der Waals surface area contributed by atoms with Crippen LogP contribution in [0.2, 0.25) is 0 Å². The highest BCUT2D eigenvalue weighted by Crippen LogP contribution is 2.13. The lowest BCUT2D eigenvalue weighted by molar-refractivity contribution is 0.112. The second-order valence-electron chi connectivity index (χ2n) is 4.14. The van der Waals surface area contributed by atoms with Crippen LogP contribution >= 0.6 is 0 Å². The van der Waals surface area contributed by atoms with Crippen LogP contribution in [0.4, 0.5) is 4.79 Å². The number of carbonyl (C=O) groups excluding carboxylic acids is 1. The van der Waals surface area contributed by atoms with Crippen molar-refractivity contribution in [3.63, 3.8) is 0 Å². The molecule has 0 spiro atoms. The molecular formula is C14H17NO2. The van der Waals surface area contributed by atoms with Crippen LogP contribution in [0.5, 0.6) is 0 Å². The predicted molar refractivity (Wildman–Crippen MR) is 66.5 cm³/mol. The van der Waals surface area contributed by atoms with Gasteiger partial charge in [-0.3, -0.25) is 0 Å². The molecule has 1 amide bonds. The summed E-state index contributed by atoms with van der Waals surface area (Å²) in [4.78, 5) is 11.5. The van der Waals surface area contributed by atoms with E-state index >= 15 is 0 Å². The second-order valence-corrected chi connectivity index (χ2v) is 4.14. The molecule has 1 aliphatic rings. The molecule has 0 bridgehead atoms. The fourth-order valence-electron chi connectivity index (χ4n) is 1.83. The SMILES string of the molecule is O=C(NCc1ccccc1)OC1C=CCCC1. The molecule has 0 fully saturated rings. The molecule has 90 valence electrons. The Kier molecular flexibility index (Phi) is 4.19.